The first-order chi connectivity index (χ1) is 9.82. The number of ether oxygens (including phenoxy) is 1. The molecule has 1 saturated heterocycles. The van der Waals surface area contributed by atoms with Gasteiger partial charge in [-0.2, -0.15) is 10.4 Å². The summed E-state index contributed by atoms with van der Waals surface area (Å²) in [6.07, 6.45) is -0.385. The van der Waals surface area contributed by atoms with Crippen LogP contribution in [0.4, 0.5) is 0 Å². The Morgan fingerprint density at radius 1 is 1.52 bits per heavy atom. The van der Waals surface area contributed by atoms with Crippen LogP contribution in [0.5, 0.6) is 0 Å². The fraction of sp³-hybridized carbons (Fsp3) is 0.667. The van der Waals surface area contributed by atoms with Gasteiger partial charge in [0.25, 0.3) is 0 Å². The highest BCUT2D eigenvalue weighted by molar-refractivity contribution is 7.91. The molecule has 2 atom stereocenters. The normalized spacial score (nSPS) is 25.9. The van der Waals surface area contributed by atoms with Crippen molar-refractivity contribution >= 4 is 27.4 Å². The Hall–Kier alpha value is -1.95. The van der Waals surface area contributed by atoms with Crippen LogP contribution in [0.3, 0.4) is 0 Å². The highest BCUT2D eigenvalue weighted by atomic mass is 32.2. The lowest BCUT2D eigenvalue weighted by molar-refractivity contribution is -0.138. The van der Waals surface area contributed by atoms with Crippen LogP contribution < -0.4 is 0 Å². The first-order valence-corrected chi connectivity index (χ1v) is 8.35. The first-order valence-electron chi connectivity index (χ1n) is 6.53. The van der Waals surface area contributed by atoms with Crippen LogP contribution >= 0.6 is 0 Å². The van der Waals surface area contributed by atoms with Gasteiger partial charge in [-0.1, -0.05) is 0 Å². The predicted molar refractivity (Wildman–Crippen MR) is 71.7 cm³/mol. The molecule has 1 fully saturated rings. The Balaban J connectivity index is 2.14. The van der Waals surface area contributed by atoms with Gasteiger partial charge in [0.15, 0.2) is 15.9 Å². The number of sulfone groups is 1. The van der Waals surface area contributed by atoms with Crippen molar-refractivity contribution < 1.29 is 22.7 Å². The first kappa shape index (κ1) is 15.4. The molecule has 9 heteroatoms. The van der Waals surface area contributed by atoms with E-state index in [-0.39, 0.29) is 36.0 Å². The zero-order chi connectivity index (χ0) is 15.6. The quantitative estimate of drug-likeness (QED) is 0.655. The van der Waals surface area contributed by atoms with Crippen molar-refractivity contribution in [3.05, 3.63) is 0 Å². The average Bonchev–Trinajstić information content (AvgIpc) is 2.79. The van der Waals surface area contributed by atoms with E-state index in [4.69, 9.17) is 10.00 Å². The van der Waals surface area contributed by atoms with Crippen LogP contribution in [0.15, 0.2) is 5.10 Å². The Morgan fingerprint density at radius 2 is 2.24 bits per heavy atom. The van der Waals surface area contributed by atoms with Gasteiger partial charge in [-0.3, -0.25) is 4.79 Å². The van der Waals surface area contributed by atoms with Crippen molar-refractivity contribution in [3.8, 4) is 6.07 Å². The highest BCUT2D eigenvalue weighted by Gasteiger charge is 2.37. The zero-order valence-corrected chi connectivity index (χ0v) is 12.3. The molecule has 2 rings (SSSR count). The number of rotatable bonds is 3. The number of hydrogen-bond donors (Lipinski definition) is 0. The fourth-order valence-corrected chi connectivity index (χ4v) is 3.92. The Labute approximate surface area is 122 Å². The van der Waals surface area contributed by atoms with E-state index in [1.165, 1.54) is 6.92 Å². The summed E-state index contributed by atoms with van der Waals surface area (Å²) in [7, 11) is -3.15. The van der Waals surface area contributed by atoms with Gasteiger partial charge in [-0.05, 0) is 13.3 Å². The molecule has 8 nitrogen and oxygen atoms in total. The average molecular weight is 313 g/mol. The maximum absolute atomic E-state index is 11.9. The topological polar surface area (TPSA) is 117 Å². The summed E-state index contributed by atoms with van der Waals surface area (Å²) in [6, 6.07) is 1.23. The fourth-order valence-electron chi connectivity index (χ4n) is 2.23. The van der Waals surface area contributed by atoms with E-state index in [1.807, 2.05) is 0 Å². The van der Waals surface area contributed by atoms with Gasteiger partial charge in [0.1, 0.15) is 11.8 Å². The number of amides is 1. The molecule has 0 unspecified atom stereocenters. The lowest BCUT2D eigenvalue weighted by Crippen LogP contribution is -2.42. The molecule has 0 aromatic heterocycles. The number of esters is 1. The Kier molecular flexibility index (Phi) is 4.27. The van der Waals surface area contributed by atoms with Gasteiger partial charge in [0.05, 0.1) is 17.5 Å². The second kappa shape index (κ2) is 5.81. The van der Waals surface area contributed by atoms with Crippen LogP contribution in [0.2, 0.25) is 0 Å². The molecule has 2 heterocycles. The summed E-state index contributed by atoms with van der Waals surface area (Å²) in [5.41, 5.74) is 0.0426. The standard InChI is InChI=1S/C12H15N3O5S/c1-8(6-13)20-12(17)10-2-3-11(16)15(14-10)9-4-5-21(18,19)7-9/h8-9H,2-5,7H2,1H3/t8-,9-/m1/s1. The molecule has 0 spiro atoms. The Bertz CT molecular complexity index is 634. The molecule has 21 heavy (non-hydrogen) atoms. The van der Waals surface area contributed by atoms with Crippen LogP contribution in [0.1, 0.15) is 26.2 Å². The molecule has 0 radical (unpaired) electrons. The summed E-state index contributed by atoms with van der Waals surface area (Å²) in [6.45, 7) is 1.42. The van der Waals surface area contributed by atoms with Crippen molar-refractivity contribution in [3.63, 3.8) is 0 Å². The lowest BCUT2D eigenvalue weighted by Gasteiger charge is -2.27. The van der Waals surface area contributed by atoms with Crippen molar-refractivity contribution in [1.29, 1.82) is 5.26 Å². The number of carbonyl (C=O) groups is 2. The molecular weight excluding hydrogens is 298 g/mol. The second-order valence-corrected chi connectivity index (χ2v) is 7.25. The number of carbonyl (C=O) groups excluding carboxylic acids is 2. The summed E-state index contributed by atoms with van der Waals surface area (Å²) >= 11 is 0. The molecule has 2 aliphatic heterocycles. The molecule has 0 bridgehead atoms. The van der Waals surface area contributed by atoms with E-state index in [9.17, 15) is 18.0 Å². The zero-order valence-electron chi connectivity index (χ0n) is 11.5. The maximum Gasteiger partial charge on any atom is 0.355 e. The smallest absolute Gasteiger partial charge is 0.355 e. The van der Waals surface area contributed by atoms with E-state index in [1.54, 1.807) is 6.07 Å². The second-order valence-electron chi connectivity index (χ2n) is 5.02. The lowest BCUT2D eigenvalue weighted by atomic mass is 10.1. The van der Waals surface area contributed by atoms with Crippen LogP contribution in [-0.2, 0) is 24.2 Å². The van der Waals surface area contributed by atoms with E-state index in [0.29, 0.717) is 6.42 Å². The minimum Gasteiger partial charge on any atom is -0.443 e. The SMILES string of the molecule is C[C@H](C#N)OC(=O)C1=NN([C@@H]2CCS(=O)(=O)C2)C(=O)CC1. The largest absolute Gasteiger partial charge is 0.443 e. The van der Waals surface area contributed by atoms with Gasteiger partial charge in [0, 0.05) is 12.8 Å². The van der Waals surface area contributed by atoms with Crippen LogP contribution in [0, 0.1) is 11.3 Å². The number of nitriles is 1. The van der Waals surface area contributed by atoms with E-state index in [2.05, 4.69) is 5.10 Å². The van der Waals surface area contributed by atoms with Gasteiger partial charge in [-0.25, -0.2) is 18.2 Å². The third-order valence-corrected chi connectivity index (χ3v) is 5.07. The van der Waals surface area contributed by atoms with Crippen LogP contribution in [-0.4, -0.2) is 54.7 Å². The minimum absolute atomic E-state index is 0.0161. The summed E-state index contributed by atoms with van der Waals surface area (Å²) < 4.78 is 27.8. The van der Waals surface area contributed by atoms with Crippen molar-refractivity contribution in [2.24, 2.45) is 5.10 Å². The van der Waals surface area contributed by atoms with E-state index >= 15 is 0 Å². The highest BCUT2D eigenvalue weighted by Crippen LogP contribution is 2.22. The van der Waals surface area contributed by atoms with E-state index < -0.39 is 28.0 Å². The van der Waals surface area contributed by atoms with Crippen molar-refractivity contribution in [2.75, 3.05) is 11.5 Å². The molecule has 0 saturated carbocycles. The van der Waals surface area contributed by atoms with Gasteiger partial charge >= 0.3 is 5.97 Å². The molecule has 114 valence electrons. The maximum atomic E-state index is 11.9. The molecule has 0 N–H and O–H groups in total. The summed E-state index contributed by atoms with van der Waals surface area (Å²) in [5.74, 6) is -1.18. The number of nitrogens with zero attached hydrogens (tertiary/aromatic N) is 3. The van der Waals surface area contributed by atoms with Gasteiger partial charge < -0.3 is 4.74 Å². The molecule has 0 aromatic rings. The molecular formula is C12H15N3O5S. The Morgan fingerprint density at radius 3 is 2.81 bits per heavy atom. The molecule has 2 aliphatic rings. The molecule has 0 aliphatic carbocycles. The third-order valence-electron chi connectivity index (χ3n) is 3.32. The molecule has 1 amide bonds. The minimum atomic E-state index is -3.15. The van der Waals surface area contributed by atoms with Gasteiger partial charge in [0.2, 0.25) is 5.91 Å². The molecule has 0 aromatic carbocycles. The summed E-state index contributed by atoms with van der Waals surface area (Å²) in [4.78, 5) is 23.7. The van der Waals surface area contributed by atoms with E-state index in [0.717, 1.165) is 5.01 Å². The number of hydrazone groups is 1. The van der Waals surface area contributed by atoms with Crippen molar-refractivity contribution in [1.82, 2.24) is 5.01 Å². The van der Waals surface area contributed by atoms with Crippen LogP contribution in [0.25, 0.3) is 0 Å². The van der Waals surface area contributed by atoms with Crippen molar-refractivity contribution in [2.45, 2.75) is 38.3 Å². The van der Waals surface area contributed by atoms with Gasteiger partial charge in [-0.15, -0.1) is 0 Å². The summed E-state index contributed by atoms with van der Waals surface area (Å²) in [5, 5.41) is 13.6. The monoisotopic (exact) mass is 313 g/mol. The predicted octanol–water partition coefficient (Wildman–Crippen LogP) is -0.393. The number of hydrogen-bond acceptors (Lipinski definition) is 7. The third kappa shape index (κ3) is 3.58.